The lowest BCUT2D eigenvalue weighted by Gasteiger charge is -2.07. The van der Waals surface area contributed by atoms with Gasteiger partial charge < -0.3 is 10.6 Å². The van der Waals surface area contributed by atoms with E-state index >= 15 is 0 Å². The van der Waals surface area contributed by atoms with E-state index in [1.165, 1.54) is 6.20 Å². The number of aromatic nitrogens is 4. The van der Waals surface area contributed by atoms with Crippen molar-refractivity contribution in [1.82, 2.24) is 20.0 Å². The van der Waals surface area contributed by atoms with E-state index in [0.29, 0.717) is 12.2 Å². The summed E-state index contributed by atoms with van der Waals surface area (Å²) >= 11 is 0. The van der Waals surface area contributed by atoms with E-state index in [9.17, 15) is 4.79 Å². The van der Waals surface area contributed by atoms with E-state index in [1.54, 1.807) is 12.4 Å². The number of urea groups is 1. The Labute approximate surface area is 121 Å². The zero-order valence-corrected chi connectivity index (χ0v) is 11.2. The number of H-pyrrole nitrogens is 1. The highest BCUT2D eigenvalue weighted by Crippen LogP contribution is 2.11. The van der Waals surface area contributed by atoms with Crippen LogP contribution in [0.15, 0.2) is 55.1 Å². The molecule has 3 N–H and O–H groups in total. The maximum Gasteiger partial charge on any atom is 0.323 e. The molecular weight excluding hydrogens is 268 g/mol. The number of hydrogen-bond donors (Lipinski definition) is 3. The Hall–Kier alpha value is -3.09. The minimum Gasteiger partial charge on any atom is -0.308 e. The summed E-state index contributed by atoms with van der Waals surface area (Å²) in [5, 5.41) is 15.9. The lowest BCUT2D eigenvalue weighted by molar-refractivity contribution is 0.262. The molecule has 1 aromatic carbocycles. The maximum absolute atomic E-state index is 11.7. The molecule has 0 fully saturated rings. The van der Waals surface area contributed by atoms with Gasteiger partial charge in [-0.2, -0.15) is 10.2 Å². The highest BCUT2D eigenvalue weighted by molar-refractivity contribution is 5.99. The van der Waals surface area contributed by atoms with Crippen molar-refractivity contribution in [3.8, 4) is 0 Å². The summed E-state index contributed by atoms with van der Waals surface area (Å²) in [5.41, 5.74) is 2.45. The van der Waals surface area contributed by atoms with Crippen LogP contribution in [0.2, 0.25) is 0 Å². The zero-order valence-electron chi connectivity index (χ0n) is 11.2. The molecule has 0 atom stereocenters. The van der Waals surface area contributed by atoms with Gasteiger partial charge >= 0.3 is 6.03 Å². The Morgan fingerprint density at radius 2 is 2.00 bits per heavy atom. The summed E-state index contributed by atoms with van der Waals surface area (Å²) in [6.45, 7) is 0.703. The number of carbonyl (C=O) groups is 1. The van der Waals surface area contributed by atoms with E-state index < -0.39 is 0 Å². The number of carbonyl (C=O) groups excluding carboxylic acids is 1. The Morgan fingerprint density at radius 1 is 1.19 bits per heavy atom. The van der Waals surface area contributed by atoms with Gasteiger partial charge in [-0.25, -0.2) is 4.79 Å². The number of aromatic amines is 1. The molecule has 7 heteroatoms. The molecule has 0 radical (unpaired) electrons. The summed E-state index contributed by atoms with van der Waals surface area (Å²) < 4.78 is 1.84. The SMILES string of the molecule is O=C(Nc1ccc(Cn2cccn2)cc1)Nc1cn[nH]c1. The lowest BCUT2D eigenvalue weighted by atomic mass is 10.2. The van der Waals surface area contributed by atoms with Crippen LogP contribution in [0.5, 0.6) is 0 Å². The van der Waals surface area contributed by atoms with Gasteiger partial charge in [-0.05, 0) is 23.8 Å². The normalized spacial score (nSPS) is 10.3. The number of benzene rings is 1. The second-order valence-corrected chi connectivity index (χ2v) is 4.47. The second kappa shape index (κ2) is 5.91. The average Bonchev–Trinajstić information content (AvgIpc) is 3.14. The predicted molar refractivity (Wildman–Crippen MR) is 79.0 cm³/mol. The fourth-order valence-electron chi connectivity index (χ4n) is 1.89. The van der Waals surface area contributed by atoms with Crippen molar-refractivity contribution in [2.75, 3.05) is 10.6 Å². The van der Waals surface area contributed by atoms with E-state index in [4.69, 9.17) is 0 Å². The largest absolute Gasteiger partial charge is 0.323 e. The maximum atomic E-state index is 11.7. The number of nitrogens with zero attached hydrogens (tertiary/aromatic N) is 3. The Bertz CT molecular complexity index is 688. The van der Waals surface area contributed by atoms with Crippen LogP contribution in [-0.2, 0) is 6.54 Å². The fourth-order valence-corrected chi connectivity index (χ4v) is 1.89. The Kier molecular flexibility index (Phi) is 3.64. The molecule has 0 aliphatic carbocycles. The summed E-state index contributed by atoms with van der Waals surface area (Å²) in [6.07, 6.45) is 6.79. The Balaban J connectivity index is 1.58. The molecule has 0 saturated heterocycles. The van der Waals surface area contributed by atoms with Crippen LogP contribution >= 0.6 is 0 Å². The number of anilines is 2. The second-order valence-electron chi connectivity index (χ2n) is 4.47. The van der Waals surface area contributed by atoms with Crippen LogP contribution in [0.3, 0.4) is 0 Å². The van der Waals surface area contributed by atoms with E-state index in [2.05, 4.69) is 25.9 Å². The fraction of sp³-hybridized carbons (Fsp3) is 0.0714. The summed E-state index contributed by atoms with van der Waals surface area (Å²) in [5.74, 6) is 0. The molecule has 0 aliphatic heterocycles. The monoisotopic (exact) mass is 282 g/mol. The van der Waals surface area contributed by atoms with Crippen molar-refractivity contribution < 1.29 is 4.79 Å². The van der Waals surface area contributed by atoms with Gasteiger partial charge in [0.2, 0.25) is 0 Å². The molecule has 21 heavy (non-hydrogen) atoms. The van der Waals surface area contributed by atoms with Crippen molar-refractivity contribution >= 4 is 17.4 Å². The van der Waals surface area contributed by atoms with Gasteiger partial charge in [-0.15, -0.1) is 0 Å². The third-order valence-electron chi connectivity index (χ3n) is 2.87. The van der Waals surface area contributed by atoms with Crippen molar-refractivity contribution in [1.29, 1.82) is 0 Å². The molecule has 0 bridgehead atoms. The van der Waals surface area contributed by atoms with Gasteiger partial charge in [0.25, 0.3) is 0 Å². The first-order chi connectivity index (χ1) is 10.3. The van der Waals surface area contributed by atoms with Gasteiger partial charge in [-0.1, -0.05) is 12.1 Å². The minimum atomic E-state index is -0.309. The van der Waals surface area contributed by atoms with Crippen molar-refractivity contribution in [3.63, 3.8) is 0 Å². The molecule has 3 rings (SSSR count). The standard InChI is InChI=1S/C14H14N6O/c21-14(19-13-8-15-16-9-13)18-12-4-2-11(3-5-12)10-20-7-1-6-17-20/h1-9H,10H2,(H,15,16)(H2,18,19,21). The summed E-state index contributed by atoms with van der Waals surface area (Å²) in [7, 11) is 0. The van der Waals surface area contributed by atoms with Gasteiger partial charge in [0.15, 0.2) is 0 Å². The minimum absolute atomic E-state index is 0.309. The van der Waals surface area contributed by atoms with E-state index in [-0.39, 0.29) is 6.03 Å². The van der Waals surface area contributed by atoms with Crippen LogP contribution in [-0.4, -0.2) is 26.0 Å². The van der Waals surface area contributed by atoms with Crippen LogP contribution in [0.25, 0.3) is 0 Å². The molecule has 3 aromatic rings. The topological polar surface area (TPSA) is 87.6 Å². The lowest BCUT2D eigenvalue weighted by Crippen LogP contribution is -2.19. The van der Waals surface area contributed by atoms with Crippen LogP contribution in [0.4, 0.5) is 16.2 Å². The molecule has 2 amide bonds. The Morgan fingerprint density at radius 3 is 2.67 bits per heavy atom. The molecule has 7 nitrogen and oxygen atoms in total. The number of nitrogens with one attached hydrogen (secondary N) is 3. The highest BCUT2D eigenvalue weighted by atomic mass is 16.2. The van der Waals surface area contributed by atoms with Crippen LogP contribution in [0.1, 0.15) is 5.56 Å². The predicted octanol–water partition coefficient (Wildman–Crippen LogP) is 2.30. The summed E-state index contributed by atoms with van der Waals surface area (Å²) in [4.78, 5) is 11.7. The van der Waals surface area contributed by atoms with Crippen molar-refractivity contribution in [3.05, 3.63) is 60.7 Å². The van der Waals surface area contributed by atoms with E-state index in [0.717, 1.165) is 11.3 Å². The molecule has 2 aromatic heterocycles. The quantitative estimate of drug-likeness (QED) is 0.686. The number of hydrogen-bond acceptors (Lipinski definition) is 3. The third kappa shape index (κ3) is 3.47. The van der Waals surface area contributed by atoms with Crippen LogP contribution in [0, 0.1) is 0 Å². The molecule has 0 saturated carbocycles. The van der Waals surface area contributed by atoms with E-state index in [1.807, 2.05) is 41.2 Å². The number of amides is 2. The molecule has 0 spiro atoms. The smallest absolute Gasteiger partial charge is 0.308 e. The molecule has 106 valence electrons. The van der Waals surface area contributed by atoms with Crippen molar-refractivity contribution in [2.24, 2.45) is 0 Å². The first-order valence-electron chi connectivity index (χ1n) is 6.43. The first-order valence-corrected chi connectivity index (χ1v) is 6.43. The van der Waals surface area contributed by atoms with Gasteiger partial charge in [0, 0.05) is 24.3 Å². The molecule has 0 unspecified atom stereocenters. The molecule has 0 aliphatic rings. The van der Waals surface area contributed by atoms with Gasteiger partial charge in [-0.3, -0.25) is 9.78 Å². The van der Waals surface area contributed by atoms with Crippen LogP contribution < -0.4 is 10.6 Å². The molecule has 2 heterocycles. The number of rotatable bonds is 4. The third-order valence-corrected chi connectivity index (χ3v) is 2.87. The summed E-state index contributed by atoms with van der Waals surface area (Å²) in [6, 6.07) is 9.19. The van der Waals surface area contributed by atoms with Gasteiger partial charge in [0.05, 0.1) is 18.4 Å². The average molecular weight is 282 g/mol. The highest BCUT2D eigenvalue weighted by Gasteiger charge is 2.03. The van der Waals surface area contributed by atoms with Crippen molar-refractivity contribution in [2.45, 2.75) is 6.54 Å². The first kappa shape index (κ1) is 12.9. The van der Waals surface area contributed by atoms with Gasteiger partial charge in [0.1, 0.15) is 0 Å². The zero-order chi connectivity index (χ0) is 14.5. The molecular formula is C14H14N6O.